The van der Waals surface area contributed by atoms with Gasteiger partial charge in [-0.05, 0) is 30.5 Å². The van der Waals surface area contributed by atoms with Gasteiger partial charge in [-0.15, -0.1) is 0 Å². The van der Waals surface area contributed by atoms with Gasteiger partial charge in [-0.3, -0.25) is 4.79 Å². The van der Waals surface area contributed by atoms with Crippen molar-refractivity contribution < 1.29 is 18.8 Å². The number of hydrogen-bond acceptors (Lipinski definition) is 3. The number of rotatable bonds is 20. The molecule has 2 rings (SSSR count). The maximum Gasteiger partial charge on any atom is 0.314 e. The summed E-state index contributed by atoms with van der Waals surface area (Å²) in [6, 6.07) is 18.5. The van der Waals surface area contributed by atoms with E-state index in [2.05, 4.69) is 45.3 Å². The lowest BCUT2D eigenvalue weighted by atomic mass is 10.0. The molecule has 4 nitrogen and oxygen atoms in total. The molecule has 0 saturated carbocycles. The molecule has 2 aromatic rings. The van der Waals surface area contributed by atoms with Gasteiger partial charge >= 0.3 is 5.97 Å². The highest BCUT2D eigenvalue weighted by Crippen LogP contribution is 2.17. The zero-order valence-electron chi connectivity index (χ0n) is 23.2. The number of carbonyl (C=O) groups excluding carboxylic acids is 1. The molecule has 2 aromatic carbocycles. The summed E-state index contributed by atoms with van der Waals surface area (Å²) in [5, 5.41) is 0. The predicted molar refractivity (Wildman–Crippen MR) is 150 cm³/mol. The third-order valence-electron chi connectivity index (χ3n) is 6.79. The Morgan fingerprint density at radius 3 is 2.03 bits per heavy atom. The number of hydrogen-bond donors (Lipinski definition) is 0. The minimum atomic E-state index is -0.216. The predicted octanol–water partition coefficient (Wildman–Crippen LogP) is 8.09. The maximum absolute atomic E-state index is 12.2. The van der Waals surface area contributed by atoms with Gasteiger partial charge < -0.3 is 14.0 Å². The topological polar surface area (TPSA) is 35.5 Å². The van der Waals surface area contributed by atoms with Crippen LogP contribution in [0.4, 0.5) is 0 Å². The van der Waals surface area contributed by atoms with E-state index in [-0.39, 0.29) is 12.8 Å². The van der Waals surface area contributed by atoms with Crippen LogP contribution >= 0.6 is 0 Å². The Hall–Kier alpha value is -2.33. The highest BCUT2D eigenvalue weighted by atomic mass is 16.7. The molecule has 0 radical (unpaired) electrons. The molecule has 0 aliphatic carbocycles. The van der Waals surface area contributed by atoms with Gasteiger partial charge in [0.25, 0.3) is 0 Å². The molecule has 0 fully saturated rings. The molecule has 0 bridgehead atoms. The molecule has 0 heterocycles. The zero-order chi connectivity index (χ0) is 25.9. The number of carbonyl (C=O) groups is 1. The van der Waals surface area contributed by atoms with Crippen molar-refractivity contribution in [1.29, 1.82) is 0 Å². The van der Waals surface area contributed by atoms with Crippen LogP contribution in [0.25, 0.3) is 0 Å². The van der Waals surface area contributed by atoms with Crippen LogP contribution in [0, 0.1) is 0 Å². The van der Waals surface area contributed by atoms with Gasteiger partial charge in [0.05, 0.1) is 27.1 Å². The Bertz CT molecular complexity index is 834. The summed E-state index contributed by atoms with van der Waals surface area (Å²) in [6.45, 7) is 3.85. The zero-order valence-corrected chi connectivity index (χ0v) is 23.2. The Morgan fingerprint density at radius 2 is 1.36 bits per heavy atom. The van der Waals surface area contributed by atoms with E-state index in [1.165, 1.54) is 81.8 Å². The van der Waals surface area contributed by atoms with Gasteiger partial charge in [0.2, 0.25) is 6.79 Å². The Kier molecular flexibility index (Phi) is 14.9. The van der Waals surface area contributed by atoms with E-state index in [0.29, 0.717) is 6.42 Å². The Balaban J connectivity index is 1.54. The summed E-state index contributed by atoms with van der Waals surface area (Å²) in [5.74, 6) is 0.551. The van der Waals surface area contributed by atoms with Crippen molar-refractivity contribution in [2.24, 2.45) is 0 Å². The van der Waals surface area contributed by atoms with Gasteiger partial charge in [-0.1, -0.05) is 114 Å². The lowest BCUT2D eigenvalue weighted by Crippen LogP contribution is -2.40. The molecule has 200 valence electrons. The molecule has 0 atom stereocenters. The quantitative estimate of drug-likeness (QED) is 0.0804. The Labute approximate surface area is 220 Å². The van der Waals surface area contributed by atoms with Crippen LogP contribution in [0.3, 0.4) is 0 Å². The summed E-state index contributed by atoms with van der Waals surface area (Å²) >= 11 is 0. The van der Waals surface area contributed by atoms with E-state index in [9.17, 15) is 4.79 Å². The van der Waals surface area contributed by atoms with Gasteiger partial charge in [-0.25, -0.2) is 0 Å². The van der Waals surface area contributed by atoms with Crippen molar-refractivity contribution in [3.05, 3.63) is 65.7 Å². The second-order valence-electron chi connectivity index (χ2n) is 10.8. The number of unbranched alkanes of at least 4 members (excludes halogenated alkanes) is 10. The van der Waals surface area contributed by atoms with Crippen molar-refractivity contribution in [1.82, 2.24) is 0 Å². The lowest BCUT2D eigenvalue weighted by molar-refractivity contribution is -0.903. The van der Waals surface area contributed by atoms with Crippen molar-refractivity contribution in [3.63, 3.8) is 0 Å². The number of nitrogens with zero attached hydrogens (tertiary/aromatic N) is 1. The molecule has 0 aromatic heterocycles. The number of esters is 1. The average molecular weight is 497 g/mol. The molecule has 0 unspecified atom stereocenters. The van der Waals surface area contributed by atoms with Gasteiger partial charge in [-0.2, -0.15) is 0 Å². The first kappa shape index (κ1) is 29.9. The number of aryl methyl sites for hydroxylation is 1. The second-order valence-corrected chi connectivity index (χ2v) is 10.8. The standard InChI is InChI=1S/C32H50NO3/c1-4-5-6-7-8-9-10-11-12-13-15-19-29-22-18-23-31(26-29)35-28-36-32(34)24-25-33(2,3)27-30-20-16-14-17-21-30/h14,16-18,20-23,26H,4-13,15,19,24-25,27-28H2,1-3H3/q+1. The van der Waals surface area contributed by atoms with Crippen LogP contribution in [0.15, 0.2) is 54.6 Å². The Morgan fingerprint density at radius 1 is 0.750 bits per heavy atom. The first-order valence-electron chi connectivity index (χ1n) is 14.2. The molecule has 0 amide bonds. The van der Waals surface area contributed by atoms with Gasteiger partial charge in [0.15, 0.2) is 0 Å². The van der Waals surface area contributed by atoms with Crippen molar-refractivity contribution >= 4 is 5.97 Å². The molecule has 0 spiro atoms. The summed E-state index contributed by atoms with van der Waals surface area (Å²) in [4.78, 5) is 12.2. The SMILES string of the molecule is CCCCCCCCCCCCCc1cccc(OCOC(=O)CC[N+](C)(C)Cc2ccccc2)c1. The molecule has 4 heteroatoms. The summed E-state index contributed by atoms with van der Waals surface area (Å²) < 4.78 is 11.8. The van der Waals surface area contributed by atoms with E-state index < -0.39 is 0 Å². The van der Waals surface area contributed by atoms with Crippen LogP contribution in [0.5, 0.6) is 5.75 Å². The molecular formula is C32H50NO3+. The highest BCUT2D eigenvalue weighted by Gasteiger charge is 2.18. The summed E-state index contributed by atoms with van der Waals surface area (Å²) in [7, 11) is 4.27. The summed E-state index contributed by atoms with van der Waals surface area (Å²) in [5.41, 5.74) is 2.56. The molecule has 0 aliphatic rings. The van der Waals surface area contributed by atoms with Gasteiger partial charge in [0.1, 0.15) is 12.3 Å². The summed E-state index contributed by atoms with van der Waals surface area (Å²) in [6.07, 6.45) is 16.4. The number of ether oxygens (including phenoxy) is 2. The first-order chi connectivity index (χ1) is 17.5. The number of quaternary nitrogens is 1. The molecular weight excluding hydrogens is 446 g/mol. The van der Waals surface area contributed by atoms with Crippen LogP contribution in [0.1, 0.15) is 95.1 Å². The van der Waals surface area contributed by atoms with Crippen LogP contribution in [0.2, 0.25) is 0 Å². The number of benzene rings is 2. The minimum Gasteiger partial charge on any atom is -0.457 e. The van der Waals surface area contributed by atoms with Crippen LogP contribution < -0.4 is 4.74 Å². The third-order valence-corrected chi connectivity index (χ3v) is 6.79. The third kappa shape index (κ3) is 14.3. The average Bonchev–Trinajstić information content (AvgIpc) is 2.87. The van der Waals surface area contributed by atoms with Crippen LogP contribution in [-0.4, -0.2) is 37.9 Å². The van der Waals surface area contributed by atoms with E-state index in [1.807, 2.05) is 30.3 Å². The van der Waals surface area contributed by atoms with E-state index in [4.69, 9.17) is 9.47 Å². The second kappa shape index (κ2) is 18.0. The molecule has 0 aliphatic heterocycles. The van der Waals surface area contributed by atoms with Crippen molar-refractivity contribution in [3.8, 4) is 5.75 Å². The fourth-order valence-electron chi connectivity index (χ4n) is 4.57. The maximum atomic E-state index is 12.2. The molecule has 36 heavy (non-hydrogen) atoms. The monoisotopic (exact) mass is 496 g/mol. The lowest BCUT2D eigenvalue weighted by Gasteiger charge is -2.29. The fourth-order valence-corrected chi connectivity index (χ4v) is 4.57. The highest BCUT2D eigenvalue weighted by molar-refractivity contribution is 5.69. The molecule has 0 N–H and O–H groups in total. The van der Waals surface area contributed by atoms with E-state index in [1.54, 1.807) is 0 Å². The van der Waals surface area contributed by atoms with E-state index >= 15 is 0 Å². The normalized spacial score (nSPS) is 11.4. The largest absolute Gasteiger partial charge is 0.457 e. The molecule has 0 saturated heterocycles. The fraction of sp³-hybridized carbons (Fsp3) is 0.594. The first-order valence-corrected chi connectivity index (χ1v) is 14.2. The smallest absolute Gasteiger partial charge is 0.314 e. The van der Waals surface area contributed by atoms with Crippen LogP contribution in [-0.2, 0) is 22.5 Å². The van der Waals surface area contributed by atoms with Gasteiger partial charge in [0, 0.05) is 5.56 Å². The minimum absolute atomic E-state index is 0.0349. The van der Waals surface area contributed by atoms with Crippen molar-refractivity contribution in [2.75, 3.05) is 27.4 Å². The van der Waals surface area contributed by atoms with E-state index in [0.717, 1.165) is 29.7 Å². The van der Waals surface area contributed by atoms with Crippen molar-refractivity contribution in [2.45, 2.75) is 96.9 Å².